The van der Waals surface area contributed by atoms with Gasteiger partial charge in [-0.3, -0.25) is 10.1 Å². The third-order valence-electron chi connectivity index (χ3n) is 2.80. The fraction of sp³-hybridized carbons (Fsp3) is 0.0769. The maximum Gasteiger partial charge on any atom is 0.277 e. The average Bonchev–Trinajstić information content (AvgIpc) is 2.33. The summed E-state index contributed by atoms with van der Waals surface area (Å²) in [6.45, 7) is 1.50. The highest BCUT2D eigenvalue weighted by Gasteiger charge is 2.21. The first-order valence-corrected chi connectivity index (χ1v) is 5.30. The van der Waals surface area contributed by atoms with Crippen LogP contribution in [-0.2, 0) is 0 Å². The van der Waals surface area contributed by atoms with E-state index in [0.29, 0.717) is 11.3 Å². The van der Waals surface area contributed by atoms with E-state index in [1.807, 2.05) is 0 Å². The lowest BCUT2D eigenvalue weighted by Crippen LogP contribution is -1.99. The minimum atomic E-state index is -0.534. The molecule has 0 saturated heterocycles. The lowest BCUT2D eigenvalue weighted by Gasteiger charge is -2.10. The minimum absolute atomic E-state index is 0.146. The molecule has 5 heteroatoms. The third-order valence-corrected chi connectivity index (χ3v) is 2.80. The van der Waals surface area contributed by atoms with E-state index in [1.165, 1.54) is 6.92 Å². The number of nitro benzene ring substituents is 1. The van der Waals surface area contributed by atoms with E-state index in [9.17, 15) is 14.5 Å². The Kier molecular flexibility index (Phi) is 2.97. The van der Waals surface area contributed by atoms with E-state index in [4.69, 9.17) is 5.73 Å². The van der Waals surface area contributed by atoms with Crippen molar-refractivity contribution < 1.29 is 9.31 Å². The Bertz CT molecular complexity index is 626. The van der Waals surface area contributed by atoms with Gasteiger partial charge < -0.3 is 5.73 Å². The van der Waals surface area contributed by atoms with Crippen LogP contribution in [0, 0.1) is 22.9 Å². The number of nitrogens with zero attached hydrogens (tertiary/aromatic N) is 1. The molecule has 2 N–H and O–H groups in total. The van der Waals surface area contributed by atoms with Crippen molar-refractivity contribution in [3.8, 4) is 11.1 Å². The molecule has 0 unspecified atom stereocenters. The van der Waals surface area contributed by atoms with Gasteiger partial charge in [0.1, 0.15) is 5.82 Å². The predicted octanol–water partition coefficient (Wildman–Crippen LogP) is 3.29. The van der Waals surface area contributed by atoms with Crippen molar-refractivity contribution in [2.45, 2.75) is 6.92 Å². The molecule has 0 bridgehead atoms. The Hall–Kier alpha value is -2.43. The van der Waals surface area contributed by atoms with Crippen molar-refractivity contribution in [1.82, 2.24) is 0 Å². The summed E-state index contributed by atoms with van der Waals surface area (Å²) < 4.78 is 13.6. The number of nitrogens with two attached hydrogens (primary N) is 1. The first kappa shape index (κ1) is 12.0. The molecule has 0 aliphatic carbocycles. The van der Waals surface area contributed by atoms with E-state index in [1.54, 1.807) is 24.3 Å². The van der Waals surface area contributed by atoms with Gasteiger partial charge in [-0.1, -0.05) is 18.2 Å². The number of rotatable bonds is 2. The number of hydrogen-bond acceptors (Lipinski definition) is 3. The average molecular weight is 246 g/mol. The van der Waals surface area contributed by atoms with Crippen LogP contribution in [0.3, 0.4) is 0 Å². The molecule has 2 aromatic carbocycles. The molecular formula is C13H11FN2O2. The lowest BCUT2D eigenvalue weighted by atomic mass is 9.97. The zero-order valence-electron chi connectivity index (χ0n) is 9.68. The summed E-state index contributed by atoms with van der Waals surface area (Å²) in [5.41, 5.74) is 6.96. The van der Waals surface area contributed by atoms with Crippen molar-refractivity contribution in [2.24, 2.45) is 0 Å². The van der Waals surface area contributed by atoms with Crippen molar-refractivity contribution >= 4 is 11.4 Å². The molecule has 92 valence electrons. The highest BCUT2D eigenvalue weighted by molar-refractivity contribution is 5.84. The first-order valence-electron chi connectivity index (χ1n) is 5.30. The van der Waals surface area contributed by atoms with E-state index >= 15 is 0 Å². The molecule has 0 heterocycles. The molecule has 0 aliphatic rings. The SMILES string of the molecule is Cc1c(F)ccc([N+](=O)[O-])c1-c1ccccc1N. The molecule has 2 aromatic rings. The number of hydrogen-bond donors (Lipinski definition) is 1. The van der Waals surface area contributed by atoms with Crippen molar-refractivity contribution in [2.75, 3.05) is 5.73 Å². The van der Waals surface area contributed by atoms with Crippen LogP contribution in [0.2, 0.25) is 0 Å². The second-order valence-corrected chi connectivity index (χ2v) is 3.91. The Morgan fingerprint density at radius 2 is 1.89 bits per heavy atom. The summed E-state index contributed by atoms with van der Waals surface area (Å²) in [6.07, 6.45) is 0. The number of nitro groups is 1. The smallest absolute Gasteiger partial charge is 0.277 e. The third kappa shape index (κ3) is 1.90. The topological polar surface area (TPSA) is 69.2 Å². The van der Waals surface area contributed by atoms with Crippen LogP contribution in [0.1, 0.15) is 5.56 Å². The van der Waals surface area contributed by atoms with E-state index in [0.717, 1.165) is 12.1 Å². The van der Waals surface area contributed by atoms with Gasteiger partial charge in [0.05, 0.1) is 10.5 Å². The normalized spacial score (nSPS) is 10.3. The van der Waals surface area contributed by atoms with Crippen LogP contribution >= 0.6 is 0 Å². The first-order chi connectivity index (χ1) is 8.52. The van der Waals surface area contributed by atoms with E-state index in [-0.39, 0.29) is 16.8 Å². The van der Waals surface area contributed by atoms with Crippen LogP contribution in [0.4, 0.5) is 15.8 Å². The monoisotopic (exact) mass is 246 g/mol. The molecule has 0 fully saturated rings. The molecular weight excluding hydrogens is 235 g/mol. The van der Waals surface area contributed by atoms with Crippen LogP contribution in [0.5, 0.6) is 0 Å². The van der Waals surface area contributed by atoms with E-state index < -0.39 is 10.7 Å². The maximum atomic E-state index is 13.6. The van der Waals surface area contributed by atoms with Gasteiger partial charge in [0, 0.05) is 17.3 Å². The summed E-state index contributed by atoms with van der Waals surface area (Å²) in [4.78, 5) is 10.5. The number of halogens is 1. The molecule has 18 heavy (non-hydrogen) atoms. The van der Waals surface area contributed by atoms with Crippen molar-refractivity contribution in [3.63, 3.8) is 0 Å². The highest BCUT2D eigenvalue weighted by atomic mass is 19.1. The standard InChI is InChI=1S/C13H11FN2O2/c1-8-10(14)6-7-12(16(17)18)13(8)9-4-2-3-5-11(9)15/h2-7H,15H2,1H3. The molecule has 2 rings (SSSR count). The molecule has 0 saturated carbocycles. The summed E-state index contributed by atoms with van der Waals surface area (Å²) in [5.74, 6) is -0.487. The number of anilines is 1. The molecule has 0 amide bonds. The van der Waals surface area contributed by atoms with Gasteiger partial charge in [0.15, 0.2) is 0 Å². The summed E-state index contributed by atoms with van der Waals surface area (Å²) in [6, 6.07) is 8.95. The van der Waals surface area contributed by atoms with Gasteiger partial charge in [-0.25, -0.2) is 4.39 Å². The molecule has 0 spiro atoms. The largest absolute Gasteiger partial charge is 0.398 e. The van der Waals surface area contributed by atoms with E-state index in [2.05, 4.69) is 0 Å². The van der Waals surface area contributed by atoms with Crippen molar-refractivity contribution in [3.05, 3.63) is 57.9 Å². The van der Waals surface area contributed by atoms with Gasteiger partial charge in [-0.05, 0) is 24.6 Å². The van der Waals surface area contributed by atoms with Crippen LogP contribution in [0.25, 0.3) is 11.1 Å². The molecule has 4 nitrogen and oxygen atoms in total. The zero-order chi connectivity index (χ0) is 13.3. The second-order valence-electron chi connectivity index (χ2n) is 3.91. The Balaban J connectivity index is 2.81. The molecule has 0 aromatic heterocycles. The number of para-hydroxylation sites is 1. The summed E-state index contributed by atoms with van der Waals surface area (Å²) >= 11 is 0. The summed E-state index contributed by atoms with van der Waals surface area (Å²) in [5, 5.41) is 11.0. The number of benzene rings is 2. The highest BCUT2D eigenvalue weighted by Crippen LogP contribution is 2.37. The van der Waals surface area contributed by atoms with Gasteiger partial charge in [0.25, 0.3) is 5.69 Å². The Morgan fingerprint density at radius 3 is 2.50 bits per heavy atom. The lowest BCUT2D eigenvalue weighted by molar-refractivity contribution is -0.384. The zero-order valence-corrected chi connectivity index (χ0v) is 9.68. The van der Waals surface area contributed by atoms with Gasteiger partial charge >= 0.3 is 0 Å². The van der Waals surface area contributed by atoms with Gasteiger partial charge in [-0.15, -0.1) is 0 Å². The predicted molar refractivity (Wildman–Crippen MR) is 67.6 cm³/mol. The van der Waals surface area contributed by atoms with Crippen LogP contribution in [-0.4, -0.2) is 4.92 Å². The molecule has 0 aliphatic heterocycles. The fourth-order valence-electron chi connectivity index (χ4n) is 1.89. The van der Waals surface area contributed by atoms with Crippen molar-refractivity contribution in [1.29, 1.82) is 0 Å². The second kappa shape index (κ2) is 4.44. The van der Waals surface area contributed by atoms with Gasteiger partial charge in [-0.2, -0.15) is 0 Å². The Labute approximate surface area is 103 Å². The Morgan fingerprint density at radius 1 is 1.22 bits per heavy atom. The molecule has 0 radical (unpaired) electrons. The van der Waals surface area contributed by atoms with Gasteiger partial charge in [0.2, 0.25) is 0 Å². The minimum Gasteiger partial charge on any atom is -0.398 e. The fourth-order valence-corrected chi connectivity index (χ4v) is 1.89. The summed E-state index contributed by atoms with van der Waals surface area (Å²) in [7, 11) is 0. The maximum absolute atomic E-state index is 13.6. The quantitative estimate of drug-likeness (QED) is 0.502. The van der Waals surface area contributed by atoms with Crippen LogP contribution in [0.15, 0.2) is 36.4 Å². The molecule has 0 atom stereocenters. The number of nitrogen functional groups attached to an aromatic ring is 1. The van der Waals surface area contributed by atoms with Crippen LogP contribution < -0.4 is 5.73 Å².